The van der Waals surface area contributed by atoms with Gasteiger partial charge in [-0.2, -0.15) is 8.42 Å². The van der Waals surface area contributed by atoms with Crippen LogP contribution in [0.3, 0.4) is 0 Å². The molecule has 1 N–H and O–H groups in total. The Hall–Kier alpha value is -1.89. The molecule has 1 amide bonds. The van der Waals surface area contributed by atoms with Crippen molar-refractivity contribution in [1.82, 2.24) is 10.2 Å². The van der Waals surface area contributed by atoms with Gasteiger partial charge in [-0.1, -0.05) is 26.0 Å². The van der Waals surface area contributed by atoms with Gasteiger partial charge in [-0.25, -0.2) is 0 Å². The zero-order chi connectivity index (χ0) is 18.0. The number of piperidine rings is 1. The normalized spacial score (nSPS) is 21.8. The SMILES string of the molecule is CC(C)CCNC(=O)C1CCCN(C2=NS(=O)(=O)c3ccccc32)C1. The van der Waals surface area contributed by atoms with Gasteiger partial charge in [0.25, 0.3) is 10.0 Å². The fourth-order valence-corrected chi connectivity index (χ4v) is 4.56. The van der Waals surface area contributed by atoms with Gasteiger partial charge in [0.2, 0.25) is 5.91 Å². The molecule has 6 nitrogen and oxygen atoms in total. The minimum Gasteiger partial charge on any atom is -0.356 e. The zero-order valence-electron chi connectivity index (χ0n) is 14.7. The van der Waals surface area contributed by atoms with E-state index in [9.17, 15) is 13.2 Å². The molecule has 1 unspecified atom stereocenters. The Kier molecular flexibility index (Phi) is 5.13. The smallest absolute Gasteiger partial charge is 0.285 e. The quantitative estimate of drug-likeness (QED) is 0.887. The first-order valence-corrected chi connectivity index (χ1v) is 10.3. The molecule has 25 heavy (non-hydrogen) atoms. The molecule has 3 rings (SSSR count). The molecule has 0 radical (unpaired) electrons. The number of carbonyl (C=O) groups is 1. The van der Waals surface area contributed by atoms with Crippen LogP contribution in [0.1, 0.15) is 38.7 Å². The van der Waals surface area contributed by atoms with Crippen LogP contribution < -0.4 is 5.32 Å². The second-order valence-corrected chi connectivity index (χ2v) is 8.72. The lowest BCUT2D eigenvalue weighted by molar-refractivity contribution is -0.126. The number of nitrogens with one attached hydrogen (secondary N) is 1. The summed E-state index contributed by atoms with van der Waals surface area (Å²) in [6.07, 6.45) is 2.63. The van der Waals surface area contributed by atoms with Crippen molar-refractivity contribution in [3.8, 4) is 0 Å². The second-order valence-electron chi connectivity index (χ2n) is 7.14. The third-order valence-corrected chi connectivity index (χ3v) is 6.05. The van der Waals surface area contributed by atoms with Crippen molar-refractivity contribution in [3.63, 3.8) is 0 Å². The van der Waals surface area contributed by atoms with E-state index in [0.29, 0.717) is 30.4 Å². The molecular weight excluding hydrogens is 338 g/mol. The van der Waals surface area contributed by atoms with Crippen LogP contribution >= 0.6 is 0 Å². The largest absolute Gasteiger partial charge is 0.356 e. The maximum Gasteiger partial charge on any atom is 0.285 e. The van der Waals surface area contributed by atoms with Gasteiger partial charge in [-0.15, -0.1) is 4.40 Å². The van der Waals surface area contributed by atoms with E-state index in [0.717, 1.165) is 25.8 Å². The van der Waals surface area contributed by atoms with Gasteiger partial charge in [0.15, 0.2) is 5.84 Å². The highest BCUT2D eigenvalue weighted by molar-refractivity contribution is 7.90. The number of sulfonamides is 1. The van der Waals surface area contributed by atoms with E-state index >= 15 is 0 Å². The molecule has 1 saturated heterocycles. The molecule has 0 spiro atoms. The summed E-state index contributed by atoms with van der Waals surface area (Å²) in [4.78, 5) is 14.6. The van der Waals surface area contributed by atoms with E-state index in [4.69, 9.17) is 0 Å². The molecule has 1 aromatic carbocycles. The fourth-order valence-electron chi connectivity index (χ4n) is 3.33. The summed E-state index contributed by atoms with van der Waals surface area (Å²) < 4.78 is 28.4. The van der Waals surface area contributed by atoms with E-state index in [1.54, 1.807) is 18.2 Å². The third kappa shape index (κ3) is 3.86. The third-order valence-electron chi connectivity index (χ3n) is 4.73. The lowest BCUT2D eigenvalue weighted by Gasteiger charge is -2.33. The second kappa shape index (κ2) is 7.15. The van der Waals surface area contributed by atoms with Crippen LogP contribution in [0.25, 0.3) is 0 Å². The lowest BCUT2D eigenvalue weighted by Crippen LogP contribution is -2.45. The van der Waals surface area contributed by atoms with Crippen molar-refractivity contribution in [2.45, 2.75) is 38.0 Å². The molecule has 0 aliphatic carbocycles. The highest BCUT2D eigenvalue weighted by Gasteiger charge is 2.35. The van der Waals surface area contributed by atoms with Gasteiger partial charge in [0.05, 0.1) is 5.92 Å². The van der Waals surface area contributed by atoms with Gasteiger partial charge in [-0.3, -0.25) is 4.79 Å². The van der Waals surface area contributed by atoms with E-state index in [1.807, 2.05) is 11.0 Å². The minimum absolute atomic E-state index is 0.0556. The highest BCUT2D eigenvalue weighted by atomic mass is 32.2. The summed E-state index contributed by atoms with van der Waals surface area (Å²) in [6.45, 7) is 6.18. The molecule has 2 aliphatic rings. The van der Waals surface area contributed by atoms with Gasteiger partial charge >= 0.3 is 0 Å². The summed E-state index contributed by atoms with van der Waals surface area (Å²) in [5.41, 5.74) is 0.642. The molecule has 0 bridgehead atoms. The Morgan fingerprint density at radius 3 is 2.88 bits per heavy atom. The number of carbonyl (C=O) groups excluding carboxylic acids is 1. The summed E-state index contributed by atoms with van der Waals surface area (Å²) >= 11 is 0. The number of rotatable bonds is 4. The highest BCUT2D eigenvalue weighted by Crippen LogP contribution is 2.29. The van der Waals surface area contributed by atoms with Crippen LogP contribution in [0.15, 0.2) is 33.6 Å². The first-order chi connectivity index (χ1) is 11.9. The monoisotopic (exact) mass is 363 g/mol. The standard InChI is InChI=1S/C18H25N3O3S/c1-13(2)9-10-19-18(22)14-6-5-11-21(12-14)17-15-7-3-4-8-16(15)25(23,24)20-17/h3-4,7-8,13-14H,5-6,9-12H2,1-2H3,(H,19,22). The van der Waals surface area contributed by atoms with Gasteiger partial charge in [0.1, 0.15) is 4.90 Å². The van der Waals surface area contributed by atoms with Crippen molar-refractivity contribution in [2.24, 2.45) is 16.2 Å². The average Bonchev–Trinajstić information content (AvgIpc) is 2.86. The van der Waals surface area contributed by atoms with Crippen molar-refractivity contribution in [1.29, 1.82) is 0 Å². The molecule has 7 heteroatoms. The Morgan fingerprint density at radius 1 is 1.36 bits per heavy atom. The minimum atomic E-state index is -3.62. The van der Waals surface area contributed by atoms with Crippen LogP contribution in [0.4, 0.5) is 0 Å². The molecule has 1 atom stereocenters. The predicted molar refractivity (Wildman–Crippen MR) is 96.9 cm³/mol. The summed E-state index contributed by atoms with van der Waals surface area (Å²) in [7, 11) is -3.62. The Labute approximate surface area is 149 Å². The molecule has 0 saturated carbocycles. The maximum absolute atomic E-state index is 12.4. The van der Waals surface area contributed by atoms with Crippen LogP contribution in [0.5, 0.6) is 0 Å². The number of benzene rings is 1. The van der Waals surface area contributed by atoms with Crippen LogP contribution in [-0.2, 0) is 14.8 Å². The average molecular weight is 363 g/mol. The zero-order valence-corrected chi connectivity index (χ0v) is 15.6. The van der Waals surface area contributed by atoms with Gasteiger partial charge < -0.3 is 10.2 Å². The van der Waals surface area contributed by atoms with Crippen LogP contribution in [0, 0.1) is 11.8 Å². The maximum atomic E-state index is 12.4. The molecule has 2 aliphatic heterocycles. The summed E-state index contributed by atoms with van der Waals surface area (Å²) in [6, 6.07) is 6.89. The van der Waals surface area contributed by atoms with Crippen LogP contribution in [0.2, 0.25) is 0 Å². The molecule has 136 valence electrons. The van der Waals surface area contributed by atoms with E-state index in [1.165, 1.54) is 0 Å². The number of amidine groups is 1. The number of amides is 1. The molecule has 1 fully saturated rings. The molecular formula is C18H25N3O3S. The first-order valence-electron chi connectivity index (χ1n) is 8.85. The number of hydrogen-bond donors (Lipinski definition) is 1. The Bertz CT molecular complexity index is 787. The summed E-state index contributed by atoms with van der Waals surface area (Å²) in [5, 5.41) is 3.01. The van der Waals surface area contributed by atoms with E-state index in [-0.39, 0.29) is 16.7 Å². The first kappa shape index (κ1) is 17.9. The number of fused-ring (bicyclic) bond motifs is 1. The van der Waals surface area contributed by atoms with Crippen molar-refractivity contribution in [3.05, 3.63) is 29.8 Å². The van der Waals surface area contributed by atoms with Crippen molar-refractivity contribution >= 4 is 21.8 Å². The lowest BCUT2D eigenvalue weighted by atomic mass is 9.96. The van der Waals surface area contributed by atoms with E-state index < -0.39 is 10.0 Å². The summed E-state index contributed by atoms with van der Waals surface area (Å²) in [5.74, 6) is 0.965. The Morgan fingerprint density at radius 2 is 2.12 bits per heavy atom. The molecule has 0 aromatic heterocycles. The Balaban J connectivity index is 1.71. The number of likely N-dealkylation sites (tertiary alicyclic amines) is 1. The van der Waals surface area contributed by atoms with E-state index in [2.05, 4.69) is 23.6 Å². The topological polar surface area (TPSA) is 78.8 Å². The number of nitrogens with zero attached hydrogens (tertiary/aromatic N) is 2. The van der Waals surface area contributed by atoms with Crippen molar-refractivity contribution < 1.29 is 13.2 Å². The van der Waals surface area contributed by atoms with Gasteiger partial charge in [-0.05, 0) is 37.3 Å². The van der Waals surface area contributed by atoms with Gasteiger partial charge in [0, 0.05) is 25.2 Å². The molecule has 1 aromatic rings. The fraction of sp³-hybridized carbons (Fsp3) is 0.556. The molecule has 2 heterocycles. The predicted octanol–water partition coefficient (Wildman–Crippen LogP) is 2.01. The van der Waals surface area contributed by atoms with Crippen molar-refractivity contribution in [2.75, 3.05) is 19.6 Å². The number of hydrogen-bond acceptors (Lipinski definition) is 4. The van der Waals surface area contributed by atoms with Crippen LogP contribution in [-0.4, -0.2) is 44.7 Å².